The summed E-state index contributed by atoms with van der Waals surface area (Å²) in [5, 5.41) is 0. The average molecular weight is 309 g/mol. The lowest BCUT2D eigenvalue weighted by Crippen LogP contribution is -2.37. The fourth-order valence-corrected chi connectivity index (χ4v) is 3.72. The monoisotopic (exact) mass is 309 g/mol. The average Bonchev–Trinajstić information content (AvgIpc) is 2.62. The number of aryl methyl sites for hydroxylation is 1. The van der Waals surface area contributed by atoms with Gasteiger partial charge >= 0.3 is 0 Å². The SMILES string of the molecule is Cc1cc(C2(CN)CCCCC2)ccc1OCc1ccccc1. The lowest BCUT2D eigenvalue weighted by molar-refractivity contribution is 0.295. The zero-order valence-electron chi connectivity index (χ0n) is 14.1. The molecule has 0 atom stereocenters. The minimum Gasteiger partial charge on any atom is -0.489 e. The summed E-state index contributed by atoms with van der Waals surface area (Å²) >= 11 is 0. The molecular weight excluding hydrogens is 282 g/mol. The van der Waals surface area contributed by atoms with E-state index in [1.165, 1.54) is 48.8 Å². The van der Waals surface area contributed by atoms with Gasteiger partial charge in [0.1, 0.15) is 12.4 Å². The maximum absolute atomic E-state index is 6.16. The molecule has 2 aromatic carbocycles. The highest BCUT2D eigenvalue weighted by Gasteiger charge is 2.32. The van der Waals surface area contributed by atoms with Gasteiger partial charge in [0.2, 0.25) is 0 Å². The molecule has 0 heterocycles. The van der Waals surface area contributed by atoms with Crippen molar-refractivity contribution in [2.24, 2.45) is 5.73 Å². The van der Waals surface area contributed by atoms with E-state index < -0.39 is 0 Å². The van der Waals surface area contributed by atoms with Crippen LogP contribution >= 0.6 is 0 Å². The van der Waals surface area contributed by atoms with E-state index in [-0.39, 0.29) is 5.41 Å². The molecule has 2 aromatic rings. The van der Waals surface area contributed by atoms with Crippen LogP contribution in [0.25, 0.3) is 0 Å². The summed E-state index contributed by atoms with van der Waals surface area (Å²) in [6.45, 7) is 3.50. The van der Waals surface area contributed by atoms with E-state index in [0.717, 1.165) is 12.3 Å². The number of ether oxygens (including phenoxy) is 1. The lowest BCUT2D eigenvalue weighted by atomic mass is 9.69. The van der Waals surface area contributed by atoms with Gasteiger partial charge in [-0.3, -0.25) is 0 Å². The minimum atomic E-state index is 0.182. The molecule has 1 fully saturated rings. The number of rotatable bonds is 5. The standard InChI is InChI=1S/C21H27NO/c1-17-14-19(21(16-22)12-6-3-7-13-21)10-11-20(17)23-15-18-8-4-2-5-9-18/h2,4-5,8-11,14H,3,6-7,12-13,15-16,22H2,1H3. The maximum atomic E-state index is 6.16. The van der Waals surface area contributed by atoms with E-state index >= 15 is 0 Å². The fourth-order valence-electron chi connectivity index (χ4n) is 3.72. The summed E-state index contributed by atoms with van der Waals surface area (Å²) in [4.78, 5) is 0. The molecule has 1 aliphatic rings. The zero-order chi connectivity index (χ0) is 16.1. The molecule has 0 aliphatic heterocycles. The number of hydrogen-bond donors (Lipinski definition) is 1. The Labute approximate surface area is 139 Å². The zero-order valence-corrected chi connectivity index (χ0v) is 14.1. The Morgan fingerprint density at radius 1 is 1.00 bits per heavy atom. The smallest absolute Gasteiger partial charge is 0.122 e. The van der Waals surface area contributed by atoms with Crippen molar-refractivity contribution in [3.8, 4) is 5.75 Å². The molecule has 0 spiro atoms. The van der Waals surface area contributed by atoms with Gasteiger partial charge in [-0.05, 0) is 42.5 Å². The Bertz CT molecular complexity index is 630. The van der Waals surface area contributed by atoms with Crippen molar-refractivity contribution in [2.75, 3.05) is 6.54 Å². The molecular formula is C21H27NO. The molecule has 0 bridgehead atoms. The second-order valence-electron chi connectivity index (χ2n) is 6.80. The van der Waals surface area contributed by atoms with Crippen LogP contribution in [-0.4, -0.2) is 6.54 Å². The van der Waals surface area contributed by atoms with Gasteiger partial charge in [0.25, 0.3) is 0 Å². The molecule has 0 saturated heterocycles. The molecule has 0 unspecified atom stereocenters. The van der Waals surface area contributed by atoms with Crippen LogP contribution in [0.2, 0.25) is 0 Å². The van der Waals surface area contributed by atoms with Crippen LogP contribution in [0.1, 0.15) is 48.8 Å². The molecule has 2 nitrogen and oxygen atoms in total. The van der Waals surface area contributed by atoms with Gasteiger partial charge in [-0.25, -0.2) is 0 Å². The second-order valence-corrected chi connectivity index (χ2v) is 6.80. The van der Waals surface area contributed by atoms with Crippen molar-refractivity contribution in [1.82, 2.24) is 0 Å². The Balaban J connectivity index is 1.75. The predicted octanol–water partition coefficient (Wildman–Crippen LogP) is 4.73. The normalized spacial score (nSPS) is 17.0. The van der Waals surface area contributed by atoms with Crippen molar-refractivity contribution in [1.29, 1.82) is 0 Å². The van der Waals surface area contributed by atoms with Crippen molar-refractivity contribution < 1.29 is 4.74 Å². The lowest BCUT2D eigenvalue weighted by Gasteiger charge is -2.37. The van der Waals surface area contributed by atoms with Crippen LogP contribution < -0.4 is 10.5 Å². The van der Waals surface area contributed by atoms with E-state index in [2.05, 4.69) is 37.3 Å². The minimum absolute atomic E-state index is 0.182. The van der Waals surface area contributed by atoms with Crippen LogP contribution in [0, 0.1) is 6.92 Å². The van der Waals surface area contributed by atoms with Gasteiger partial charge in [-0.1, -0.05) is 61.7 Å². The third-order valence-corrected chi connectivity index (χ3v) is 5.23. The summed E-state index contributed by atoms with van der Waals surface area (Å²) in [6.07, 6.45) is 6.37. The van der Waals surface area contributed by atoms with Gasteiger partial charge in [0.15, 0.2) is 0 Å². The van der Waals surface area contributed by atoms with Gasteiger partial charge in [0, 0.05) is 12.0 Å². The molecule has 2 heteroatoms. The van der Waals surface area contributed by atoms with Crippen LogP contribution in [0.4, 0.5) is 0 Å². The second kappa shape index (κ2) is 7.18. The van der Waals surface area contributed by atoms with Gasteiger partial charge in [-0.2, -0.15) is 0 Å². The van der Waals surface area contributed by atoms with E-state index in [1.54, 1.807) is 0 Å². The van der Waals surface area contributed by atoms with Gasteiger partial charge in [-0.15, -0.1) is 0 Å². The van der Waals surface area contributed by atoms with Crippen molar-refractivity contribution in [3.63, 3.8) is 0 Å². The Morgan fingerprint density at radius 3 is 2.39 bits per heavy atom. The number of hydrogen-bond acceptors (Lipinski definition) is 2. The third kappa shape index (κ3) is 3.59. The van der Waals surface area contributed by atoms with Crippen LogP contribution in [-0.2, 0) is 12.0 Å². The first-order valence-corrected chi connectivity index (χ1v) is 8.71. The summed E-state index contributed by atoms with van der Waals surface area (Å²) in [5.41, 5.74) is 10.1. The molecule has 1 aliphatic carbocycles. The first-order valence-electron chi connectivity index (χ1n) is 8.71. The van der Waals surface area contributed by atoms with Crippen LogP contribution in [0.3, 0.4) is 0 Å². The maximum Gasteiger partial charge on any atom is 0.122 e. The first-order chi connectivity index (χ1) is 11.2. The molecule has 0 aromatic heterocycles. The van der Waals surface area contributed by atoms with Crippen LogP contribution in [0.5, 0.6) is 5.75 Å². The summed E-state index contributed by atoms with van der Waals surface area (Å²) in [5.74, 6) is 0.973. The highest BCUT2D eigenvalue weighted by molar-refractivity contribution is 5.40. The Morgan fingerprint density at radius 2 is 1.74 bits per heavy atom. The molecule has 23 heavy (non-hydrogen) atoms. The van der Waals surface area contributed by atoms with Crippen LogP contribution in [0.15, 0.2) is 48.5 Å². The van der Waals surface area contributed by atoms with Crippen molar-refractivity contribution in [3.05, 3.63) is 65.2 Å². The van der Waals surface area contributed by atoms with E-state index in [4.69, 9.17) is 10.5 Å². The molecule has 0 amide bonds. The molecule has 122 valence electrons. The Kier molecular flexibility index (Phi) is 5.02. The highest BCUT2D eigenvalue weighted by Crippen LogP contribution is 2.39. The molecule has 0 radical (unpaired) electrons. The van der Waals surface area contributed by atoms with Gasteiger partial charge in [0.05, 0.1) is 0 Å². The molecule has 1 saturated carbocycles. The van der Waals surface area contributed by atoms with Gasteiger partial charge < -0.3 is 10.5 Å². The topological polar surface area (TPSA) is 35.2 Å². The quantitative estimate of drug-likeness (QED) is 0.866. The van der Waals surface area contributed by atoms with E-state index in [9.17, 15) is 0 Å². The van der Waals surface area contributed by atoms with E-state index in [0.29, 0.717) is 6.61 Å². The number of benzene rings is 2. The Hall–Kier alpha value is -1.80. The summed E-state index contributed by atoms with van der Waals surface area (Å²) < 4.78 is 6.00. The largest absolute Gasteiger partial charge is 0.489 e. The molecule has 3 rings (SSSR count). The fraction of sp³-hybridized carbons (Fsp3) is 0.429. The summed E-state index contributed by atoms with van der Waals surface area (Å²) in [6, 6.07) is 16.9. The predicted molar refractivity (Wildman–Crippen MR) is 95.8 cm³/mol. The molecule has 2 N–H and O–H groups in total. The van der Waals surface area contributed by atoms with Crippen molar-refractivity contribution in [2.45, 2.75) is 51.0 Å². The third-order valence-electron chi connectivity index (χ3n) is 5.23. The summed E-state index contributed by atoms with van der Waals surface area (Å²) in [7, 11) is 0. The number of nitrogens with two attached hydrogens (primary N) is 1. The van der Waals surface area contributed by atoms with Crippen molar-refractivity contribution >= 4 is 0 Å². The highest BCUT2D eigenvalue weighted by atomic mass is 16.5. The van der Waals surface area contributed by atoms with E-state index in [1.807, 2.05) is 18.2 Å². The first kappa shape index (κ1) is 16.1.